The maximum Gasteiger partial charge on any atom is 0.248 e. The minimum absolute atomic E-state index is 0.0274. The molecule has 2 fully saturated rings. The largest absolute Gasteiger partial charge is 0.387 e. The lowest BCUT2D eigenvalue weighted by Gasteiger charge is -2.39. The molecule has 3 N–H and O–H groups in total. The van der Waals surface area contributed by atoms with E-state index < -0.39 is 18.2 Å². The van der Waals surface area contributed by atoms with E-state index in [2.05, 4.69) is 10.1 Å². The van der Waals surface area contributed by atoms with Crippen molar-refractivity contribution >= 4 is 23.2 Å². The molecule has 4 aromatic rings. The van der Waals surface area contributed by atoms with Crippen LogP contribution in [0.1, 0.15) is 54.6 Å². The van der Waals surface area contributed by atoms with Gasteiger partial charge in [0.05, 0.1) is 23.1 Å². The number of carbonyl (C=O) groups is 2. The number of benzene rings is 1. The van der Waals surface area contributed by atoms with Crippen LogP contribution in [0, 0.1) is 11.6 Å². The van der Waals surface area contributed by atoms with Crippen molar-refractivity contribution in [1.82, 2.24) is 24.5 Å². The Bertz CT molecular complexity index is 1610. The molecule has 6 rings (SSSR count). The second-order valence-electron chi connectivity index (χ2n) is 10.2. The molecule has 0 radical (unpaired) electrons. The summed E-state index contributed by atoms with van der Waals surface area (Å²) < 4.78 is 29.0. The van der Waals surface area contributed by atoms with E-state index in [1.54, 1.807) is 29.4 Å². The highest BCUT2D eigenvalue weighted by Crippen LogP contribution is 2.44. The number of hydrogen-bond donors (Lipinski definition) is 2. The number of fused-ring (bicyclic) bond motifs is 3. The van der Waals surface area contributed by atoms with Crippen LogP contribution in [-0.4, -0.2) is 60.0 Å². The summed E-state index contributed by atoms with van der Waals surface area (Å²) in [6.45, 7) is 0.927. The van der Waals surface area contributed by atoms with E-state index in [0.717, 1.165) is 18.9 Å². The Morgan fingerprint density at radius 2 is 1.82 bits per heavy atom. The van der Waals surface area contributed by atoms with Gasteiger partial charge in [0.2, 0.25) is 5.91 Å². The third-order valence-corrected chi connectivity index (χ3v) is 7.89. The molecule has 9 nitrogen and oxygen atoms in total. The molecule has 5 heterocycles. The summed E-state index contributed by atoms with van der Waals surface area (Å²) in [4.78, 5) is 36.2. The van der Waals surface area contributed by atoms with Crippen molar-refractivity contribution in [1.29, 1.82) is 0 Å². The Kier molecular flexibility index (Phi) is 6.10. The van der Waals surface area contributed by atoms with Gasteiger partial charge in [0, 0.05) is 47.0 Å². The van der Waals surface area contributed by atoms with Gasteiger partial charge in [0.1, 0.15) is 24.1 Å². The maximum absolute atomic E-state index is 14.3. The standard InChI is InChI=1S/C28H26F2N6O3/c1-14(38)25-26(16-8-18-4-5-19(9-16)35(18)24(39)13-37)34-28-21(12-33-36(28)27(25)31)15-2-7-23(32-11-15)20-6-3-17(29)10-22(20)30/h2-3,6-7,10-12,16,18-19,37H,4-5,8-9,13,31H2,1H3/t16-,18-,19+. The number of piperidine rings is 1. The molecule has 2 saturated heterocycles. The summed E-state index contributed by atoms with van der Waals surface area (Å²) in [6, 6.07) is 6.66. The van der Waals surface area contributed by atoms with Crippen molar-refractivity contribution < 1.29 is 23.5 Å². The van der Waals surface area contributed by atoms with Crippen molar-refractivity contribution in [3.63, 3.8) is 0 Å². The summed E-state index contributed by atoms with van der Waals surface area (Å²) in [5, 5.41) is 13.8. The first kappa shape index (κ1) is 25.1. The average molecular weight is 533 g/mol. The van der Waals surface area contributed by atoms with Crippen molar-refractivity contribution in [3.8, 4) is 22.4 Å². The molecule has 0 aliphatic carbocycles. The number of carbonyl (C=O) groups excluding carboxylic acids is 2. The molecule has 200 valence electrons. The first-order chi connectivity index (χ1) is 18.8. The van der Waals surface area contributed by atoms with E-state index in [1.165, 1.54) is 23.6 Å². The third-order valence-electron chi connectivity index (χ3n) is 7.89. The first-order valence-electron chi connectivity index (χ1n) is 12.8. The first-order valence-corrected chi connectivity index (χ1v) is 12.8. The number of rotatable bonds is 5. The van der Waals surface area contributed by atoms with E-state index in [4.69, 9.17) is 10.7 Å². The lowest BCUT2D eigenvalue weighted by Crippen LogP contribution is -2.47. The van der Waals surface area contributed by atoms with Gasteiger partial charge >= 0.3 is 0 Å². The maximum atomic E-state index is 14.3. The fourth-order valence-corrected chi connectivity index (χ4v) is 6.19. The van der Waals surface area contributed by atoms with Crippen molar-refractivity contribution in [2.24, 2.45) is 0 Å². The molecule has 3 aromatic heterocycles. The van der Waals surface area contributed by atoms with Crippen LogP contribution in [0.2, 0.25) is 0 Å². The predicted octanol–water partition coefficient (Wildman–Crippen LogP) is 3.75. The van der Waals surface area contributed by atoms with Crippen LogP contribution in [0.15, 0.2) is 42.7 Å². The molecule has 3 atom stereocenters. The van der Waals surface area contributed by atoms with Crippen LogP contribution in [0.3, 0.4) is 0 Å². The highest BCUT2D eigenvalue weighted by Gasteiger charge is 2.44. The van der Waals surface area contributed by atoms with E-state index in [9.17, 15) is 23.5 Å². The molecule has 1 aromatic carbocycles. The molecule has 0 saturated carbocycles. The fraction of sp³-hybridized carbons (Fsp3) is 0.321. The van der Waals surface area contributed by atoms with Crippen LogP contribution in [0.4, 0.5) is 14.6 Å². The minimum Gasteiger partial charge on any atom is -0.387 e. The number of aliphatic hydroxyl groups excluding tert-OH is 1. The molecule has 0 spiro atoms. The minimum atomic E-state index is -0.706. The zero-order valence-corrected chi connectivity index (χ0v) is 21.1. The van der Waals surface area contributed by atoms with Gasteiger partial charge in [-0.15, -0.1) is 0 Å². The number of nitrogens with zero attached hydrogens (tertiary/aromatic N) is 5. The molecule has 0 unspecified atom stereocenters. The number of hydrogen-bond acceptors (Lipinski definition) is 7. The summed E-state index contributed by atoms with van der Waals surface area (Å²) >= 11 is 0. The Morgan fingerprint density at radius 1 is 1.08 bits per heavy atom. The van der Waals surface area contributed by atoms with E-state index >= 15 is 0 Å². The number of ketones is 1. The molecule has 1 amide bonds. The van der Waals surface area contributed by atoms with Crippen molar-refractivity contribution in [2.75, 3.05) is 12.3 Å². The van der Waals surface area contributed by atoms with Crippen LogP contribution >= 0.6 is 0 Å². The van der Waals surface area contributed by atoms with Gasteiger partial charge in [-0.1, -0.05) is 6.07 Å². The second-order valence-corrected chi connectivity index (χ2v) is 10.2. The monoisotopic (exact) mass is 532 g/mol. The SMILES string of the molecule is CC(=O)c1c([C@@H]2C[C@H]3CC[C@@H](C2)N3C(=O)CO)nc2c(-c3ccc(-c4ccc(F)cc4F)nc3)cnn2c1N. The number of nitrogen functional groups attached to an aromatic ring is 1. The van der Waals surface area contributed by atoms with E-state index in [0.29, 0.717) is 46.6 Å². The van der Waals surface area contributed by atoms with Crippen LogP contribution in [0.5, 0.6) is 0 Å². The summed E-state index contributed by atoms with van der Waals surface area (Å²) in [7, 11) is 0. The number of halogens is 2. The summed E-state index contributed by atoms with van der Waals surface area (Å²) in [5.41, 5.74) is 9.66. The number of amides is 1. The van der Waals surface area contributed by atoms with Crippen LogP contribution in [0.25, 0.3) is 28.0 Å². The molecular weight excluding hydrogens is 506 g/mol. The van der Waals surface area contributed by atoms with Gasteiger partial charge in [-0.25, -0.2) is 13.8 Å². The molecule has 2 bridgehead atoms. The summed E-state index contributed by atoms with van der Waals surface area (Å²) in [5.74, 6) is -1.77. The van der Waals surface area contributed by atoms with Gasteiger partial charge in [-0.3, -0.25) is 14.6 Å². The number of Topliss-reactive ketones (excluding diaryl/α,β-unsaturated/α-hetero) is 1. The smallest absolute Gasteiger partial charge is 0.248 e. The third kappa shape index (κ3) is 4.13. The fourth-order valence-electron chi connectivity index (χ4n) is 6.19. The lowest BCUT2D eigenvalue weighted by molar-refractivity contribution is -0.138. The molecule has 11 heteroatoms. The zero-order valence-electron chi connectivity index (χ0n) is 21.1. The number of nitrogens with two attached hydrogens (primary N) is 1. The topological polar surface area (TPSA) is 127 Å². The Morgan fingerprint density at radius 3 is 2.44 bits per heavy atom. The van der Waals surface area contributed by atoms with Gasteiger partial charge < -0.3 is 15.7 Å². The Labute approximate surface area is 222 Å². The number of pyridine rings is 1. The Hall–Kier alpha value is -4.25. The number of aliphatic hydroxyl groups is 1. The predicted molar refractivity (Wildman–Crippen MR) is 139 cm³/mol. The average Bonchev–Trinajstić information content (AvgIpc) is 3.46. The van der Waals surface area contributed by atoms with Crippen LogP contribution in [-0.2, 0) is 4.79 Å². The van der Waals surface area contributed by atoms with E-state index in [-0.39, 0.29) is 41.1 Å². The van der Waals surface area contributed by atoms with Gasteiger partial charge in [-0.05, 0) is 50.8 Å². The van der Waals surface area contributed by atoms with E-state index in [1.807, 2.05) is 0 Å². The lowest BCUT2D eigenvalue weighted by atomic mass is 9.85. The molecule has 2 aliphatic rings. The van der Waals surface area contributed by atoms with Gasteiger partial charge in [0.15, 0.2) is 11.4 Å². The summed E-state index contributed by atoms with van der Waals surface area (Å²) in [6.07, 6.45) is 6.07. The van der Waals surface area contributed by atoms with Gasteiger partial charge in [-0.2, -0.15) is 9.61 Å². The molecule has 2 aliphatic heterocycles. The highest BCUT2D eigenvalue weighted by atomic mass is 19.1. The normalized spacial score (nSPS) is 20.5. The second kappa shape index (κ2) is 9.49. The number of anilines is 1. The quantitative estimate of drug-likeness (QED) is 0.375. The van der Waals surface area contributed by atoms with Crippen molar-refractivity contribution in [3.05, 3.63) is 65.6 Å². The molecule has 39 heavy (non-hydrogen) atoms. The number of aromatic nitrogens is 4. The van der Waals surface area contributed by atoms with Crippen molar-refractivity contribution in [2.45, 2.75) is 50.6 Å². The van der Waals surface area contributed by atoms with Gasteiger partial charge in [0.25, 0.3) is 0 Å². The Balaban J connectivity index is 1.40. The zero-order chi connectivity index (χ0) is 27.4. The highest BCUT2D eigenvalue weighted by molar-refractivity contribution is 6.00. The van der Waals surface area contributed by atoms with Crippen LogP contribution < -0.4 is 5.73 Å². The molecular formula is C28H26F2N6O3.